The topological polar surface area (TPSA) is 59.6 Å². The molecule has 17 heavy (non-hydrogen) atoms. The van der Waals surface area contributed by atoms with Gasteiger partial charge in [0.2, 0.25) is 0 Å². The number of nitrogens with zero attached hydrogens (tertiary/aromatic N) is 2. The summed E-state index contributed by atoms with van der Waals surface area (Å²) in [5, 5.41) is 20.0. The van der Waals surface area contributed by atoms with E-state index in [4.69, 9.17) is 10.5 Å². The van der Waals surface area contributed by atoms with Crippen LogP contribution in [0, 0.1) is 36.5 Å². The van der Waals surface area contributed by atoms with Gasteiger partial charge in [0.05, 0.1) is 0 Å². The third-order valence-corrected chi connectivity index (χ3v) is 2.62. The van der Waals surface area contributed by atoms with Crippen LogP contribution < -0.4 is 5.32 Å². The van der Waals surface area contributed by atoms with Gasteiger partial charge in [0.1, 0.15) is 17.7 Å². The van der Waals surface area contributed by atoms with Crippen LogP contribution in [0.1, 0.15) is 16.7 Å². The summed E-state index contributed by atoms with van der Waals surface area (Å²) in [6.07, 6.45) is 2.34. The molecule has 0 aliphatic carbocycles. The number of nitrogens with one attached hydrogen (secondary N) is 1. The van der Waals surface area contributed by atoms with E-state index in [0.717, 1.165) is 13.0 Å². The molecule has 0 atom stereocenters. The summed E-state index contributed by atoms with van der Waals surface area (Å²) in [5.41, 5.74) is 3.93. The molecule has 0 heterocycles. The molecule has 0 aliphatic rings. The fraction of sp³-hybridized carbons (Fsp3) is 0.286. The smallest absolute Gasteiger partial charge is 0.145 e. The Kier molecular flexibility index (Phi) is 4.78. The zero-order valence-electron chi connectivity index (χ0n) is 10.1. The molecule has 1 aromatic carbocycles. The average molecular weight is 225 g/mol. The van der Waals surface area contributed by atoms with Crippen molar-refractivity contribution in [2.45, 2.75) is 20.3 Å². The van der Waals surface area contributed by atoms with Crippen LogP contribution >= 0.6 is 0 Å². The molecule has 0 aliphatic heterocycles. The van der Waals surface area contributed by atoms with E-state index in [2.05, 4.69) is 37.4 Å². The van der Waals surface area contributed by atoms with Crippen molar-refractivity contribution in [3.8, 4) is 12.1 Å². The number of rotatable bonds is 4. The molecule has 1 N–H and O–H groups in total. The van der Waals surface area contributed by atoms with Gasteiger partial charge in [0, 0.05) is 12.7 Å². The van der Waals surface area contributed by atoms with Crippen LogP contribution in [-0.4, -0.2) is 6.54 Å². The van der Waals surface area contributed by atoms with Crippen molar-refractivity contribution in [2.24, 2.45) is 0 Å². The monoisotopic (exact) mass is 225 g/mol. The molecular formula is C14H15N3. The second kappa shape index (κ2) is 6.35. The Morgan fingerprint density at radius 1 is 1.24 bits per heavy atom. The maximum absolute atomic E-state index is 8.53. The Hall–Kier alpha value is -2.26. The van der Waals surface area contributed by atoms with E-state index in [1.54, 1.807) is 12.1 Å². The van der Waals surface area contributed by atoms with Crippen molar-refractivity contribution >= 4 is 0 Å². The highest BCUT2D eigenvalue weighted by Crippen LogP contribution is 2.09. The quantitative estimate of drug-likeness (QED) is 0.632. The van der Waals surface area contributed by atoms with Gasteiger partial charge in [-0.2, -0.15) is 10.5 Å². The minimum Gasteiger partial charge on any atom is -0.389 e. The van der Waals surface area contributed by atoms with Crippen molar-refractivity contribution in [3.05, 3.63) is 46.7 Å². The molecule has 3 nitrogen and oxygen atoms in total. The standard InChI is InChI=1S/C14H15N3/c1-11-3-4-13(7-12(11)2)5-6-17-10-14(8-15)9-16/h3-4,7,10,17H,5-6H2,1-2H3. The van der Waals surface area contributed by atoms with Crippen molar-refractivity contribution in [1.29, 1.82) is 10.5 Å². The third-order valence-electron chi connectivity index (χ3n) is 2.62. The van der Waals surface area contributed by atoms with Crippen LogP contribution in [0.25, 0.3) is 0 Å². The number of allylic oxidation sites excluding steroid dienone is 1. The van der Waals surface area contributed by atoms with Gasteiger partial charge in [-0.3, -0.25) is 0 Å². The van der Waals surface area contributed by atoms with Gasteiger partial charge in [-0.15, -0.1) is 0 Å². The first-order chi connectivity index (χ1) is 8.17. The lowest BCUT2D eigenvalue weighted by Crippen LogP contribution is -2.10. The summed E-state index contributed by atoms with van der Waals surface area (Å²) in [6, 6.07) is 9.98. The highest BCUT2D eigenvalue weighted by atomic mass is 14.8. The van der Waals surface area contributed by atoms with Gasteiger partial charge in [0.15, 0.2) is 0 Å². The average Bonchev–Trinajstić information content (AvgIpc) is 2.34. The van der Waals surface area contributed by atoms with E-state index in [9.17, 15) is 0 Å². The third kappa shape index (κ3) is 4.01. The number of benzene rings is 1. The maximum atomic E-state index is 8.53. The summed E-state index contributed by atoms with van der Waals surface area (Å²) in [4.78, 5) is 0. The first-order valence-corrected chi connectivity index (χ1v) is 5.47. The predicted octanol–water partition coefficient (Wildman–Crippen LogP) is 2.37. The van der Waals surface area contributed by atoms with Crippen LogP contribution in [0.3, 0.4) is 0 Å². The Morgan fingerprint density at radius 3 is 2.53 bits per heavy atom. The molecule has 1 rings (SSSR count). The molecule has 3 heteroatoms. The molecule has 0 bridgehead atoms. The first kappa shape index (κ1) is 12.8. The Balaban J connectivity index is 2.47. The molecule has 0 radical (unpaired) electrons. The van der Waals surface area contributed by atoms with Crippen molar-refractivity contribution < 1.29 is 0 Å². The summed E-state index contributed by atoms with van der Waals surface area (Å²) in [7, 11) is 0. The second-order valence-electron chi connectivity index (χ2n) is 3.90. The number of nitriles is 2. The minimum atomic E-state index is 0.102. The highest BCUT2D eigenvalue weighted by molar-refractivity contribution is 5.34. The van der Waals surface area contributed by atoms with E-state index >= 15 is 0 Å². The van der Waals surface area contributed by atoms with Crippen LogP contribution in [0.2, 0.25) is 0 Å². The van der Waals surface area contributed by atoms with Gasteiger partial charge >= 0.3 is 0 Å². The lowest BCUT2D eigenvalue weighted by atomic mass is 10.0. The lowest BCUT2D eigenvalue weighted by molar-refractivity contribution is 0.829. The first-order valence-electron chi connectivity index (χ1n) is 5.47. The van der Waals surface area contributed by atoms with Crippen LogP contribution in [-0.2, 0) is 6.42 Å². The molecule has 1 aromatic rings. The van der Waals surface area contributed by atoms with E-state index in [1.807, 2.05) is 0 Å². The molecule has 0 unspecified atom stereocenters. The molecule has 0 amide bonds. The largest absolute Gasteiger partial charge is 0.389 e. The van der Waals surface area contributed by atoms with Gasteiger partial charge in [-0.1, -0.05) is 18.2 Å². The van der Waals surface area contributed by atoms with Crippen molar-refractivity contribution in [1.82, 2.24) is 5.32 Å². The Bertz CT molecular complexity index is 485. The summed E-state index contributed by atoms with van der Waals surface area (Å²) in [6.45, 7) is 4.90. The zero-order chi connectivity index (χ0) is 12.7. The summed E-state index contributed by atoms with van der Waals surface area (Å²) >= 11 is 0. The van der Waals surface area contributed by atoms with E-state index < -0.39 is 0 Å². The predicted molar refractivity (Wildman–Crippen MR) is 66.9 cm³/mol. The Labute approximate surface area is 102 Å². The number of hydrogen-bond acceptors (Lipinski definition) is 3. The number of aryl methyl sites for hydroxylation is 2. The van der Waals surface area contributed by atoms with E-state index in [1.165, 1.54) is 22.9 Å². The van der Waals surface area contributed by atoms with Crippen molar-refractivity contribution in [3.63, 3.8) is 0 Å². The molecule has 0 saturated heterocycles. The van der Waals surface area contributed by atoms with Gasteiger partial charge < -0.3 is 5.32 Å². The second-order valence-corrected chi connectivity index (χ2v) is 3.90. The van der Waals surface area contributed by atoms with E-state index in [-0.39, 0.29) is 5.57 Å². The fourth-order valence-electron chi connectivity index (χ4n) is 1.44. The normalized spacial score (nSPS) is 8.94. The summed E-state index contributed by atoms with van der Waals surface area (Å²) < 4.78 is 0. The van der Waals surface area contributed by atoms with Crippen LogP contribution in [0.5, 0.6) is 0 Å². The van der Waals surface area contributed by atoms with Crippen molar-refractivity contribution in [2.75, 3.05) is 6.54 Å². The van der Waals surface area contributed by atoms with Crippen LogP contribution in [0.15, 0.2) is 30.0 Å². The molecule has 86 valence electrons. The Morgan fingerprint density at radius 2 is 1.94 bits per heavy atom. The molecule has 0 fully saturated rings. The lowest BCUT2D eigenvalue weighted by Gasteiger charge is -2.05. The van der Waals surface area contributed by atoms with Gasteiger partial charge in [-0.05, 0) is 37.0 Å². The zero-order valence-corrected chi connectivity index (χ0v) is 10.1. The fourth-order valence-corrected chi connectivity index (χ4v) is 1.44. The molecule has 0 aromatic heterocycles. The molecule has 0 saturated carbocycles. The highest BCUT2D eigenvalue weighted by Gasteiger charge is 1.96. The minimum absolute atomic E-state index is 0.102. The van der Waals surface area contributed by atoms with E-state index in [0.29, 0.717) is 0 Å². The van der Waals surface area contributed by atoms with Gasteiger partial charge in [0.25, 0.3) is 0 Å². The number of hydrogen-bond donors (Lipinski definition) is 1. The van der Waals surface area contributed by atoms with Crippen LogP contribution in [0.4, 0.5) is 0 Å². The summed E-state index contributed by atoms with van der Waals surface area (Å²) in [5.74, 6) is 0. The SMILES string of the molecule is Cc1ccc(CCNC=C(C#N)C#N)cc1C. The molecule has 0 spiro atoms. The molecular weight excluding hydrogens is 210 g/mol. The maximum Gasteiger partial charge on any atom is 0.145 e. The van der Waals surface area contributed by atoms with Gasteiger partial charge in [-0.25, -0.2) is 0 Å².